The number of amides is 1. The Kier molecular flexibility index (Phi) is 7.00. The SMILES string of the molecule is CC=CC(=O)N1CC(C(=O)OC)N(S(=O)(=O)c2ccc(OC)cc2)Cc2cc(C)ccc21. The second-order valence-electron chi connectivity index (χ2n) is 7.35. The van der Waals surface area contributed by atoms with Crippen LogP contribution in [0.25, 0.3) is 0 Å². The Morgan fingerprint density at radius 1 is 1.09 bits per heavy atom. The Morgan fingerprint density at radius 3 is 2.38 bits per heavy atom. The number of hydrogen-bond acceptors (Lipinski definition) is 6. The zero-order valence-corrected chi connectivity index (χ0v) is 19.3. The molecule has 1 aliphatic heterocycles. The summed E-state index contributed by atoms with van der Waals surface area (Å²) in [7, 11) is -1.43. The van der Waals surface area contributed by atoms with Crippen LogP contribution >= 0.6 is 0 Å². The molecule has 1 atom stereocenters. The quantitative estimate of drug-likeness (QED) is 0.505. The van der Waals surface area contributed by atoms with Crippen molar-refractivity contribution in [1.82, 2.24) is 4.31 Å². The van der Waals surface area contributed by atoms with E-state index in [2.05, 4.69) is 0 Å². The maximum atomic E-state index is 13.6. The molecule has 0 saturated heterocycles. The maximum absolute atomic E-state index is 13.6. The third-order valence-corrected chi connectivity index (χ3v) is 7.14. The van der Waals surface area contributed by atoms with E-state index in [1.165, 1.54) is 49.5 Å². The molecule has 1 amide bonds. The topological polar surface area (TPSA) is 93.2 Å². The van der Waals surface area contributed by atoms with Crippen LogP contribution in [0.5, 0.6) is 5.75 Å². The van der Waals surface area contributed by atoms with Crippen molar-refractivity contribution in [3.8, 4) is 5.75 Å². The Morgan fingerprint density at radius 2 is 1.78 bits per heavy atom. The van der Waals surface area contributed by atoms with Gasteiger partial charge in [0.15, 0.2) is 0 Å². The van der Waals surface area contributed by atoms with Gasteiger partial charge >= 0.3 is 5.97 Å². The van der Waals surface area contributed by atoms with E-state index in [0.29, 0.717) is 17.0 Å². The lowest BCUT2D eigenvalue weighted by molar-refractivity contribution is -0.144. The number of benzene rings is 2. The van der Waals surface area contributed by atoms with Crippen molar-refractivity contribution in [1.29, 1.82) is 0 Å². The summed E-state index contributed by atoms with van der Waals surface area (Å²) in [6.07, 6.45) is 2.98. The smallest absolute Gasteiger partial charge is 0.326 e. The number of esters is 1. The van der Waals surface area contributed by atoms with Gasteiger partial charge in [0.05, 0.1) is 25.7 Å². The highest BCUT2D eigenvalue weighted by atomic mass is 32.2. The van der Waals surface area contributed by atoms with E-state index in [1.807, 2.05) is 19.1 Å². The number of rotatable bonds is 5. The summed E-state index contributed by atoms with van der Waals surface area (Å²) in [6.45, 7) is 3.32. The molecule has 0 radical (unpaired) electrons. The molecular weight excluding hydrogens is 432 g/mol. The Hall–Kier alpha value is -3.17. The molecule has 0 fully saturated rings. The van der Waals surface area contributed by atoms with Gasteiger partial charge in [0.25, 0.3) is 5.91 Å². The second kappa shape index (κ2) is 9.54. The fourth-order valence-electron chi connectivity index (χ4n) is 3.65. The monoisotopic (exact) mass is 458 g/mol. The van der Waals surface area contributed by atoms with Crippen LogP contribution in [0.15, 0.2) is 59.5 Å². The first-order valence-corrected chi connectivity index (χ1v) is 11.4. The van der Waals surface area contributed by atoms with Crippen molar-refractivity contribution in [3.63, 3.8) is 0 Å². The highest BCUT2D eigenvalue weighted by Gasteiger charge is 2.41. The minimum Gasteiger partial charge on any atom is -0.497 e. The molecule has 1 heterocycles. The van der Waals surface area contributed by atoms with Crippen molar-refractivity contribution in [2.75, 3.05) is 25.7 Å². The number of fused-ring (bicyclic) bond motifs is 1. The number of nitrogens with zero attached hydrogens (tertiary/aromatic N) is 2. The minimum absolute atomic E-state index is 0.00892. The molecule has 3 rings (SSSR count). The van der Waals surface area contributed by atoms with Crippen LogP contribution in [0.1, 0.15) is 18.1 Å². The van der Waals surface area contributed by atoms with E-state index in [4.69, 9.17) is 9.47 Å². The molecule has 1 aliphatic rings. The number of aryl methyl sites for hydroxylation is 1. The summed E-state index contributed by atoms with van der Waals surface area (Å²) >= 11 is 0. The number of carbonyl (C=O) groups is 2. The molecule has 1 unspecified atom stereocenters. The average molecular weight is 459 g/mol. The first-order chi connectivity index (χ1) is 15.2. The highest BCUT2D eigenvalue weighted by Crippen LogP contribution is 2.32. The largest absolute Gasteiger partial charge is 0.497 e. The Balaban J connectivity index is 2.17. The zero-order valence-electron chi connectivity index (χ0n) is 18.4. The molecule has 2 aromatic rings. The fraction of sp³-hybridized carbons (Fsp3) is 0.304. The molecule has 0 spiro atoms. The van der Waals surface area contributed by atoms with E-state index in [-0.39, 0.29) is 23.9 Å². The van der Waals surface area contributed by atoms with Crippen molar-refractivity contribution in [2.24, 2.45) is 0 Å². The molecule has 0 N–H and O–H groups in total. The summed E-state index contributed by atoms with van der Waals surface area (Å²) in [6, 6.07) is 10.1. The molecular formula is C23H26N2O6S. The summed E-state index contributed by atoms with van der Waals surface area (Å²) in [5.74, 6) is -0.589. The Labute approximate surface area is 188 Å². The standard InChI is InChI=1S/C23H26N2O6S/c1-5-6-22(26)24-15-21(23(27)31-4)25(14-17-13-16(2)7-12-20(17)24)32(28,29)19-10-8-18(30-3)9-11-19/h5-13,21H,14-15H2,1-4H3. The number of allylic oxidation sites excluding steroid dienone is 1. The number of carbonyl (C=O) groups excluding carboxylic acids is 2. The first kappa shape index (κ1) is 23.5. The van der Waals surface area contributed by atoms with Gasteiger partial charge in [-0.2, -0.15) is 4.31 Å². The molecule has 9 heteroatoms. The normalized spacial score (nSPS) is 17.0. The summed E-state index contributed by atoms with van der Waals surface area (Å²) < 4.78 is 38.4. The van der Waals surface area contributed by atoms with Gasteiger partial charge in [-0.1, -0.05) is 23.8 Å². The lowest BCUT2D eigenvalue weighted by Gasteiger charge is -2.29. The summed E-state index contributed by atoms with van der Waals surface area (Å²) in [4.78, 5) is 27.0. The predicted molar refractivity (Wildman–Crippen MR) is 120 cm³/mol. The highest BCUT2D eigenvalue weighted by molar-refractivity contribution is 7.89. The van der Waals surface area contributed by atoms with Crippen LogP contribution in [0.2, 0.25) is 0 Å². The summed E-state index contributed by atoms with van der Waals surface area (Å²) in [5, 5.41) is 0. The van der Waals surface area contributed by atoms with Crippen LogP contribution in [0.4, 0.5) is 5.69 Å². The predicted octanol–water partition coefficient (Wildman–Crippen LogP) is 2.66. The van der Waals surface area contributed by atoms with Gasteiger partial charge in [-0.25, -0.2) is 8.42 Å². The first-order valence-electron chi connectivity index (χ1n) is 10.0. The van der Waals surface area contributed by atoms with E-state index in [1.54, 1.807) is 19.1 Å². The third-order valence-electron chi connectivity index (χ3n) is 5.27. The number of methoxy groups -OCH3 is 2. The van der Waals surface area contributed by atoms with Gasteiger partial charge < -0.3 is 14.4 Å². The second-order valence-corrected chi connectivity index (χ2v) is 9.24. The van der Waals surface area contributed by atoms with E-state index >= 15 is 0 Å². The fourth-order valence-corrected chi connectivity index (χ4v) is 5.20. The third kappa shape index (κ3) is 4.53. The lowest BCUT2D eigenvalue weighted by atomic mass is 10.1. The van der Waals surface area contributed by atoms with Crippen LogP contribution in [-0.4, -0.2) is 51.4 Å². The van der Waals surface area contributed by atoms with Crippen molar-refractivity contribution in [2.45, 2.75) is 31.3 Å². The van der Waals surface area contributed by atoms with Gasteiger partial charge in [-0.3, -0.25) is 9.59 Å². The van der Waals surface area contributed by atoms with Crippen LogP contribution in [0.3, 0.4) is 0 Å². The minimum atomic E-state index is -4.11. The molecule has 0 aromatic heterocycles. The molecule has 0 aliphatic carbocycles. The molecule has 0 bridgehead atoms. The number of ether oxygens (including phenoxy) is 2. The van der Waals surface area contributed by atoms with Crippen LogP contribution < -0.4 is 9.64 Å². The van der Waals surface area contributed by atoms with E-state index in [9.17, 15) is 18.0 Å². The maximum Gasteiger partial charge on any atom is 0.326 e. The Bertz CT molecular complexity index is 1140. The van der Waals surface area contributed by atoms with Gasteiger partial charge in [0.2, 0.25) is 10.0 Å². The van der Waals surface area contributed by atoms with Gasteiger partial charge in [-0.15, -0.1) is 0 Å². The van der Waals surface area contributed by atoms with E-state index < -0.39 is 22.0 Å². The van der Waals surface area contributed by atoms with Gasteiger partial charge in [-0.05, 0) is 55.8 Å². The molecule has 2 aromatic carbocycles. The van der Waals surface area contributed by atoms with Crippen LogP contribution in [-0.2, 0) is 30.9 Å². The zero-order chi connectivity index (χ0) is 23.5. The summed E-state index contributed by atoms with van der Waals surface area (Å²) in [5.41, 5.74) is 2.08. The van der Waals surface area contributed by atoms with Gasteiger partial charge in [0.1, 0.15) is 11.8 Å². The van der Waals surface area contributed by atoms with Crippen molar-refractivity contribution >= 4 is 27.6 Å². The van der Waals surface area contributed by atoms with Gasteiger partial charge in [0, 0.05) is 12.2 Å². The lowest BCUT2D eigenvalue weighted by Crippen LogP contribution is -2.50. The molecule has 170 valence electrons. The van der Waals surface area contributed by atoms with Crippen molar-refractivity contribution in [3.05, 3.63) is 65.7 Å². The molecule has 8 nitrogen and oxygen atoms in total. The van der Waals surface area contributed by atoms with E-state index in [0.717, 1.165) is 9.87 Å². The number of sulfonamides is 1. The molecule has 0 saturated carbocycles. The van der Waals surface area contributed by atoms with Crippen LogP contribution in [0, 0.1) is 6.92 Å². The number of anilines is 1. The molecule has 32 heavy (non-hydrogen) atoms. The average Bonchev–Trinajstić information content (AvgIpc) is 2.96. The number of hydrogen-bond donors (Lipinski definition) is 0. The van der Waals surface area contributed by atoms with Crippen molar-refractivity contribution < 1.29 is 27.5 Å².